The second-order valence-corrected chi connectivity index (χ2v) is 3.97. The van der Waals surface area contributed by atoms with E-state index in [0.29, 0.717) is 19.4 Å². The van der Waals surface area contributed by atoms with Crippen LogP contribution in [0.25, 0.3) is 0 Å². The molecule has 0 saturated carbocycles. The number of anilines is 1. The SMILES string of the molecule is Nc1n[nH]c(C(=O)N2CCC[C@@H](C(=O)O)C2)n1. The number of aromatic amines is 1. The normalized spacial score (nSPS) is 20.2. The van der Waals surface area contributed by atoms with Gasteiger partial charge in [-0.3, -0.25) is 14.7 Å². The zero-order valence-electron chi connectivity index (χ0n) is 9.09. The first-order valence-electron chi connectivity index (χ1n) is 5.28. The lowest BCUT2D eigenvalue weighted by molar-refractivity contribution is -0.143. The number of carbonyl (C=O) groups is 2. The summed E-state index contributed by atoms with van der Waals surface area (Å²) in [5.74, 6) is -1.69. The van der Waals surface area contributed by atoms with Gasteiger partial charge in [-0.1, -0.05) is 0 Å². The number of hydrogen-bond donors (Lipinski definition) is 3. The van der Waals surface area contributed by atoms with Crippen LogP contribution in [-0.2, 0) is 4.79 Å². The highest BCUT2D eigenvalue weighted by molar-refractivity contribution is 5.91. The van der Waals surface area contributed by atoms with Crippen LogP contribution in [0.15, 0.2) is 0 Å². The summed E-state index contributed by atoms with van der Waals surface area (Å²) in [6.45, 7) is 0.734. The fourth-order valence-electron chi connectivity index (χ4n) is 1.88. The van der Waals surface area contributed by atoms with Crippen molar-refractivity contribution >= 4 is 17.8 Å². The van der Waals surface area contributed by atoms with Crippen molar-refractivity contribution in [3.63, 3.8) is 0 Å². The quantitative estimate of drug-likeness (QED) is 0.628. The first kappa shape index (κ1) is 11.4. The molecular weight excluding hydrogens is 226 g/mol. The van der Waals surface area contributed by atoms with Gasteiger partial charge in [0, 0.05) is 13.1 Å². The highest BCUT2D eigenvalue weighted by Crippen LogP contribution is 2.17. The van der Waals surface area contributed by atoms with E-state index in [4.69, 9.17) is 10.8 Å². The molecule has 4 N–H and O–H groups in total. The number of nitrogens with zero attached hydrogens (tertiary/aromatic N) is 3. The topological polar surface area (TPSA) is 125 Å². The predicted molar refractivity (Wildman–Crippen MR) is 57.1 cm³/mol. The van der Waals surface area contributed by atoms with E-state index >= 15 is 0 Å². The number of carboxylic acids is 1. The van der Waals surface area contributed by atoms with E-state index in [9.17, 15) is 9.59 Å². The molecule has 8 heteroatoms. The highest BCUT2D eigenvalue weighted by Gasteiger charge is 2.29. The van der Waals surface area contributed by atoms with E-state index in [-0.39, 0.29) is 24.2 Å². The Hall–Kier alpha value is -2.12. The fourth-order valence-corrected chi connectivity index (χ4v) is 1.88. The summed E-state index contributed by atoms with van der Waals surface area (Å²) in [6, 6.07) is 0. The van der Waals surface area contributed by atoms with Crippen LogP contribution in [0.5, 0.6) is 0 Å². The van der Waals surface area contributed by atoms with E-state index in [2.05, 4.69) is 15.2 Å². The Bertz CT molecular complexity index is 444. The number of carbonyl (C=O) groups excluding carboxylic acids is 1. The van der Waals surface area contributed by atoms with Crippen molar-refractivity contribution in [2.24, 2.45) is 5.92 Å². The van der Waals surface area contributed by atoms with Gasteiger partial charge >= 0.3 is 5.97 Å². The molecule has 17 heavy (non-hydrogen) atoms. The summed E-state index contributed by atoms with van der Waals surface area (Å²) in [6.07, 6.45) is 1.27. The smallest absolute Gasteiger partial charge is 0.308 e. The van der Waals surface area contributed by atoms with Gasteiger partial charge in [0.1, 0.15) is 0 Å². The molecule has 1 aromatic heterocycles. The fraction of sp³-hybridized carbons (Fsp3) is 0.556. The highest BCUT2D eigenvalue weighted by atomic mass is 16.4. The number of aliphatic carboxylic acids is 1. The number of rotatable bonds is 2. The molecule has 0 spiro atoms. The minimum Gasteiger partial charge on any atom is -0.481 e. The third-order valence-corrected chi connectivity index (χ3v) is 2.76. The summed E-state index contributed by atoms with van der Waals surface area (Å²) in [5, 5.41) is 14.9. The third kappa shape index (κ3) is 2.35. The van der Waals surface area contributed by atoms with Gasteiger partial charge < -0.3 is 15.7 Å². The summed E-state index contributed by atoms with van der Waals surface area (Å²) in [5.41, 5.74) is 5.30. The van der Waals surface area contributed by atoms with Crippen molar-refractivity contribution < 1.29 is 14.7 Å². The molecular formula is C9H13N5O3. The Kier molecular flexibility index (Phi) is 2.94. The molecule has 1 aliphatic rings. The number of nitrogens with one attached hydrogen (secondary N) is 1. The zero-order valence-corrected chi connectivity index (χ0v) is 9.09. The Labute approximate surface area is 96.8 Å². The average Bonchev–Trinajstić information content (AvgIpc) is 2.75. The molecule has 0 radical (unpaired) electrons. The van der Waals surface area contributed by atoms with E-state index in [1.807, 2.05) is 0 Å². The minimum atomic E-state index is -0.875. The van der Waals surface area contributed by atoms with Crippen molar-refractivity contribution in [3.8, 4) is 0 Å². The van der Waals surface area contributed by atoms with E-state index in [1.54, 1.807) is 0 Å². The molecule has 1 aromatic rings. The number of aromatic nitrogens is 3. The molecule has 0 aliphatic carbocycles. The van der Waals surface area contributed by atoms with Gasteiger partial charge in [-0.05, 0) is 12.8 Å². The lowest BCUT2D eigenvalue weighted by Crippen LogP contribution is -2.42. The van der Waals surface area contributed by atoms with Crippen LogP contribution in [-0.4, -0.2) is 50.2 Å². The monoisotopic (exact) mass is 239 g/mol. The summed E-state index contributed by atoms with van der Waals surface area (Å²) >= 11 is 0. The Morgan fingerprint density at radius 1 is 1.53 bits per heavy atom. The number of nitrogens with two attached hydrogens (primary N) is 1. The van der Waals surface area contributed by atoms with Gasteiger partial charge in [-0.2, -0.15) is 4.98 Å². The van der Waals surface area contributed by atoms with Crippen molar-refractivity contribution in [2.45, 2.75) is 12.8 Å². The van der Waals surface area contributed by atoms with Crippen LogP contribution in [0.4, 0.5) is 5.95 Å². The molecule has 2 heterocycles. The van der Waals surface area contributed by atoms with E-state index in [1.165, 1.54) is 4.90 Å². The van der Waals surface area contributed by atoms with Crippen LogP contribution < -0.4 is 5.73 Å². The molecule has 1 saturated heterocycles. The molecule has 1 amide bonds. The van der Waals surface area contributed by atoms with Gasteiger partial charge in [0.15, 0.2) is 0 Å². The maximum Gasteiger partial charge on any atom is 0.308 e. The summed E-state index contributed by atoms with van der Waals surface area (Å²) in [7, 11) is 0. The Balaban J connectivity index is 2.07. The van der Waals surface area contributed by atoms with Crippen molar-refractivity contribution in [3.05, 3.63) is 5.82 Å². The molecule has 0 bridgehead atoms. The van der Waals surface area contributed by atoms with Crippen LogP contribution in [0, 0.1) is 5.92 Å². The van der Waals surface area contributed by atoms with E-state index < -0.39 is 11.9 Å². The van der Waals surface area contributed by atoms with Gasteiger partial charge in [-0.15, -0.1) is 5.10 Å². The molecule has 1 atom stereocenters. The first-order chi connectivity index (χ1) is 8.08. The maximum absolute atomic E-state index is 11.9. The first-order valence-corrected chi connectivity index (χ1v) is 5.28. The van der Waals surface area contributed by atoms with Crippen LogP contribution >= 0.6 is 0 Å². The maximum atomic E-state index is 11.9. The molecule has 92 valence electrons. The molecule has 2 rings (SSSR count). The second-order valence-electron chi connectivity index (χ2n) is 3.97. The lowest BCUT2D eigenvalue weighted by Gasteiger charge is -2.29. The number of amides is 1. The van der Waals surface area contributed by atoms with Gasteiger partial charge in [0.25, 0.3) is 5.91 Å². The van der Waals surface area contributed by atoms with Crippen LogP contribution in [0.3, 0.4) is 0 Å². The summed E-state index contributed by atoms with van der Waals surface area (Å²) < 4.78 is 0. The van der Waals surface area contributed by atoms with Crippen LogP contribution in [0.1, 0.15) is 23.5 Å². The molecule has 1 aliphatic heterocycles. The summed E-state index contributed by atoms with van der Waals surface area (Å²) in [4.78, 5) is 28.0. The molecule has 0 aromatic carbocycles. The van der Waals surface area contributed by atoms with Crippen molar-refractivity contribution in [1.29, 1.82) is 0 Å². The molecule has 1 fully saturated rings. The average molecular weight is 239 g/mol. The lowest BCUT2D eigenvalue weighted by atomic mass is 9.98. The second kappa shape index (κ2) is 4.40. The Morgan fingerprint density at radius 2 is 2.29 bits per heavy atom. The molecule has 8 nitrogen and oxygen atoms in total. The molecule has 0 unspecified atom stereocenters. The zero-order chi connectivity index (χ0) is 12.4. The predicted octanol–water partition coefficient (Wildman–Crippen LogP) is -0.676. The number of likely N-dealkylation sites (tertiary alicyclic amines) is 1. The van der Waals surface area contributed by atoms with Crippen molar-refractivity contribution in [1.82, 2.24) is 20.1 Å². The number of nitrogen functional groups attached to an aromatic ring is 1. The number of H-pyrrole nitrogens is 1. The van der Waals surface area contributed by atoms with Gasteiger partial charge in [-0.25, -0.2) is 0 Å². The number of carboxylic acid groups (broad SMARTS) is 1. The largest absolute Gasteiger partial charge is 0.481 e. The third-order valence-electron chi connectivity index (χ3n) is 2.76. The van der Waals surface area contributed by atoms with Crippen LogP contribution in [0.2, 0.25) is 0 Å². The van der Waals surface area contributed by atoms with Crippen molar-refractivity contribution in [2.75, 3.05) is 18.8 Å². The van der Waals surface area contributed by atoms with E-state index in [0.717, 1.165) is 0 Å². The Morgan fingerprint density at radius 3 is 2.88 bits per heavy atom. The van der Waals surface area contributed by atoms with Gasteiger partial charge in [0.2, 0.25) is 11.8 Å². The standard InChI is InChI=1S/C9H13N5O3/c10-9-11-6(12-13-9)7(15)14-3-1-2-5(4-14)8(16)17/h5H,1-4H2,(H,16,17)(H3,10,11,12,13)/t5-/m1/s1. The van der Waals surface area contributed by atoms with Gasteiger partial charge in [0.05, 0.1) is 5.92 Å². The number of piperidine rings is 1. The minimum absolute atomic E-state index is 0.000133. The number of hydrogen-bond acceptors (Lipinski definition) is 5.